The summed E-state index contributed by atoms with van der Waals surface area (Å²) in [6.45, 7) is 1.86. The largest absolute Gasteiger partial charge is 0.385 e. The minimum atomic E-state index is -0.0781. The highest BCUT2D eigenvalue weighted by Gasteiger charge is 2.09. The molecule has 1 rings (SSSR count). The molecule has 0 atom stereocenters. The Balaban J connectivity index is 2.27. The van der Waals surface area contributed by atoms with E-state index >= 15 is 0 Å². The number of urea groups is 1. The first kappa shape index (κ1) is 14.3. The number of hydrogen-bond acceptors (Lipinski definition) is 3. The monoisotopic (exact) mass is 276 g/mol. The van der Waals surface area contributed by atoms with Gasteiger partial charge >= 0.3 is 6.03 Å². The van der Waals surface area contributed by atoms with Crippen LogP contribution < -0.4 is 5.32 Å². The summed E-state index contributed by atoms with van der Waals surface area (Å²) in [6, 6.07) is 3.69. The average molecular weight is 277 g/mol. The van der Waals surface area contributed by atoms with Crippen LogP contribution in [0.15, 0.2) is 12.1 Å². The van der Waals surface area contributed by atoms with Gasteiger partial charge in [-0.2, -0.15) is 0 Å². The van der Waals surface area contributed by atoms with Crippen molar-refractivity contribution in [1.82, 2.24) is 10.2 Å². The van der Waals surface area contributed by atoms with Crippen LogP contribution >= 0.6 is 22.9 Å². The lowest BCUT2D eigenvalue weighted by molar-refractivity contribution is 0.188. The SMILES string of the molecule is COCCCNC(=O)N(C)Cc1ccc(Cl)s1. The Bertz CT molecular complexity index is 357. The van der Waals surface area contributed by atoms with Gasteiger partial charge in [-0.15, -0.1) is 11.3 Å². The van der Waals surface area contributed by atoms with Crippen LogP contribution in [0.5, 0.6) is 0 Å². The Morgan fingerprint density at radius 1 is 1.59 bits per heavy atom. The van der Waals surface area contributed by atoms with E-state index in [1.54, 1.807) is 19.1 Å². The number of amides is 2. The van der Waals surface area contributed by atoms with Gasteiger partial charge in [-0.3, -0.25) is 0 Å². The van der Waals surface area contributed by atoms with Gasteiger partial charge < -0.3 is 15.0 Å². The van der Waals surface area contributed by atoms with Crippen molar-refractivity contribution in [3.05, 3.63) is 21.3 Å². The maximum atomic E-state index is 11.7. The van der Waals surface area contributed by atoms with Crippen LogP contribution in [0, 0.1) is 0 Å². The first-order valence-electron chi connectivity index (χ1n) is 5.35. The number of rotatable bonds is 6. The smallest absolute Gasteiger partial charge is 0.317 e. The zero-order chi connectivity index (χ0) is 12.7. The van der Waals surface area contributed by atoms with E-state index in [0.717, 1.165) is 15.6 Å². The van der Waals surface area contributed by atoms with Crippen LogP contribution in [0.1, 0.15) is 11.3 Å². The van der Waals surface area contributed by atoms with Crippen LogP contribution in [-0.4, -0.2) is 38.2 Å². The van der Waals surface area contributed by atoms with E-state index in [1.807, 2.05) is 12.1 Å². The Hall–Kier alpha value is -0.780. The molecule has 0 saturated carbocycles. The molecule has 1 heterocycles. The summed E-state index contributed by atoms with van der Waals surface area (Å²) in [7, 11) is 3.41. The summed E-state index contributed by atoms with van der Waals surface area (Å²) in [4.78, 5) is 14.4. The van der Waals surface area contributed by atoms with E-state index in [1.165, 1.54) is 11.3 Å². The maximum absolute atomic E-state index is 11.7. The molecule has 0 saturated heterocycles. The molecule has 2 amide bonds. The highest BCUT2D eigenvalue weighted by molar-refractivity contribution is 7.16. The standard InChI is InChI=1S/C11H17ClN2O2S/c1-14(8-9-4-5-10(12)17-9)11(15)13-6-3-7-16-2/h4-5H,3,6-8H2,1-2H3,(H,13,15). The quantitative estimate of drug-likeness (QED) is 0.812. The molecule has 1 N–H and O–H groups in total. The van der Waals surface area contributed by atoms with E-state index in [9.17, 15) is 4.79 Å². The third-order valence-electron chi connectivity index (χ3n) is 2.17. The Kier molecular flexibility index (Phi) is 6.32. The first-order valence-corrected chi connectivity index (χ1v) is 6.55. The van der Waals surface area contributed by atoms with E-state index in [0.29, 0.717) is 19.7 Å². The van der Waals surface area contributed by atoms with E-state index in [2.05, 4.69) is 5.32 Å². The van der Waals surface area contributed by atoms with Crippen molar-refractivity contribution < 1.29 is 9.53 Å². The molecule has 0 spiro atoms. The lowest BCUT2D eigenvalue weighted by Gasteiger charge is -2.16. The molecule has 0 bridgehead atoms. The van der Waals surface area contributed by atoms with Crippen molar-refractivity contribution in [3.63, 3.8) is 0 Å². The number of hydrogen-bond donors (Lipinski definition) is 1. The van der Waals surface area contributed by atoms with Gasteiger partial charge in [0.15, 0.2) is 0 Å². The summed E-state index contributed by atoms with van der Waals surface area (Å²) in [6.07, 6.45) is 0.820. The predicted molar refractivity (Wildman–Crippen MR) is 70.7 cm³/mol. The van der Waals surface area contributed by atoms with Gasteiger partial charge in [-0.05, 0) is 18.6 Å². The normalized spacial score (nSPS) is 10.3. The molecule has 6 heteroatoms. The van der Waals surface area contributed by atoms with Gasteiger partial charge in [0.1, 0.15) is 0 Å². The second kappa shape index (κ2) is 7.53. The molecule has 0 fully saturated rings. The number of nitrogens with zero attached hydrogens (tertiary/aromatic N) is 1. The molecule has 0 aliphatic carbocycles. The Labute approximate surface area is 111 Å². The average Bonchev–Trinajstić information content (AvgIpc) is 2.70. The number of carbonyl (C=O) groups excluding carboxylic acids is 1. The van der Waals surface area contributed by atoms with Crippen molar-refractivity contribution in [3.8, 4) is 0 Å². The molecule has 96 valence electrons. The minimum absolute atomic E-state index is 0.0781. The number of thiophene rings is 1. The van der Waals surface area contributed by atoms with Gasteiger partial charge in [0.25, 0.3) is 0 Å². The first-order chi connectivity index (χ1) is 8.13. The number of methoxy groups -OCH3 is 1. The molecule has 1 aromatic heterocycles. The summed E-state index contributed by atoms with van der Waals surface area (Å²) in [5, 5.41) is 2.82. The van der Waals surface area contributed by atoms with Crippen molar-refractivity contribution >= 4 is 29.0 Å². The van der Waals surface area contributed by atoms with Crippen molar-refractivity contribution in [2.45, 2.75) is 13.0 Å². The number of carbonyl (C=O) groups is 1. The van der Waals surface area contributed by atoms with Crippen LogP contribution in [0.3, 0.4) is 0 Å². The molecular weight excluding hydrogens is 260 g/mol. The zero-order valence-electron chi connectivity index (χ0n) is 10.0. The summed E-state index contributed by atoms with van der Waals surface area (Å²) < 4.78 is 5.65. The van der Waals surface area contributed by atoms with Gasteiger partial charge in [-0.1, -0.05) is 11.6 Å². The third-order valence-corrected chi connectivity index (χ3v) is 3.39. The summed E-state index contributed by atoms with van der Waals surface area (Å²) >= 11 is 7.32. The third kappa shape index (κ3) is 5.39. The van der Waals surface area contributed by atoms with Crippen molar-refractivity contribution in [2.24, 2.45) is 0 Å². The molecule has 0 aromatic carbocycles. The fourth-order valence-electron chi connectivity index (χ4n) is 1.29. The van der Waals surface area contributed by atoms with Gasteiger partial charge in [0.2, 0.25) is 0 Å². The van der Waals surface area contributed by atoms with Gasteiger partial charge in [0, 0.05) is 32.2 Å². The van der Waals surface area contributed by atoms with Gasteiger partial charge in [-0.25, -0.2) is 4.79 Å². The second-order valence-electron chi connectivity index (χ2n) is 3.64. The van der Waals surface area contributed by atoms with E-state index in [4.69, 9.17) is 16.3 Å². The minimum Gasteiger partial charge on any atom is -0.385 e. The molecule has 0 radical (unpaired) electrons. The van der Waals surface area contributed by atoms with Crippen molar-refractivity contribution in [1.29, 1.82) is 0 Å². The van der Waals surface area contributed by atoms with Crippen LogP contribution in [0.2, 0.25) is 4.34 Å². The molecule has 4 nitrogen and oxygen atoms in total. The highest BCUT2D eigenvalue weighted by atomic mass is 35.5. The second-order valence-corrected chi connectivity index (χ2v) is 5.44. The lowest BCUT2D eigenvalue weighted by Crippen LogP contribution is -2.37. The Morgan fingerprint density at radius 2 is 2.35 bits per heavy atom. The van der Waals surface area contributed by atoms with Crippen LogP contribution in [0.4, 0.5) is 4.79 Å². The molecule has 1 aromatic rings. The maximum Gasteiger partial charge on any atom is 0.317 e. The van der Waals surface area contributed by atoms with E-state index in [-0.39, 0.29) is 6.03 Å². The lowest BCUT2D eigenvalue weighted by atomic mass is 10.4. The van der Waals surface area contributed by atoms with Crippen molar-refractivity contribution in [2.75, 3.05) is 27.3 Å². The summed E-state index contributed by atoms with van der Waals surface area (Å²) in [5.74, 6) is 0. The number of halogens is 1. The molecule has 0 aliphatic rings. The molecular formula is C11H17ClN2O2S. The van der Waals surface area contributed by atoms with Crippen LogP contribution in [-0.2, 0) is 11.3 Å². The van der Waals surface area contributed by atoms with E-state index < -0.39 is 0 Å². The Morgan fingerprint density at radius 3 is 2.94 bits per heavy atom. The zero-order valence-corrected chi connectivity index (χ0v) is 11.6. The topological polar surface area (TPSA) is 41.6 Å². The molecule has 17 heavy (non-hydrogen) atoms. The van der Waals surface area contributed by atoms with Gasteiger partial charge in [0.05, 0.1) is 10.9 Å². The fraction of sp³-hybridized carbons (Fsp3) is 0.545. The summed E-state index contributed by atoms with van der Waals surface area (Å²) in [5.41, 5.74) is 0. The number of ether oxygens (including phenoxy) is 1. The molecule has 0 unspecified atom stereocenters. The van der Waals surface area contributed by atoms with Crippen LogP contribution in [0.25, 0.3) is 0 Å². The number of nitrogens with one attached hydrogen (secondary N) is 1. The molecule has 0 aliphatic heterocycles. The fourth-order valence-corrected chi connectivity index (χ4v) is 2.43. The highest BCUT2D eigenvalue weighted by Crippen LogP contribution is 2.22. The predicted octanol–water partition coefficient (Wildman–Crippen LogP) is 2.58.